The van der Waals surface area contributed by atoms with Gasteiger partial charge in [-0.25, -0.2) is 0 Å². The molecule has 1 nitrogen and oxygen atoms in total. The molecule has 0 radical (unpaired) electrons. The summed E-state index contributed by atoms with van der Waals surface area (Å²) in [6, 6.07) is 27.6. The molecule has 3 aromatic carbocycles. The average molecular weight is 353 g/mol. The van der Waals surface area contributed by atoms with Crippen LogP contribution < -0.4 is 0 Å². The van der Waals surface area contributed by atoms with E-state index in [1.807, 2.05) is 36.4 Å². The van der Waals surface area contributed by atoms with E-state index in [1.165, 1.54) is 20.2 Å². The van der Waals surface area contributed by atoms with E-state index in [-0.39, 0.29) is 0 Å². The van der Waals surface area contributed by atoms with Crippen LogP contribution >= 0.6 is 11.3 Å². The Balaban J connectivity index is 1.68. The van der Waals surface area contributed by atoms with Gasteiger partial charge in [0.25, 0.3) is 0 Å². The molecule has 0 amide bonds. The van der Waals surface area contributed by atoms with Crippen molar-refractivity contribution in [2.45, 2.75) is 6.37 Å². The zero-order chi connectivity index (χ0) is 19.1. The summed E-state index contributed by atoms with van der Waals surface area (Å²) in [5.74, 6) is 0. The standard InChI is InChI=1S/C24H17NS/c1-2-7-17(8-3-1)15-18-13-14-25-22(16-18)21-11-6-10-20-19-9-4-5-12-23(19)26-24(20)21/h1-14,16H,15H2/i15D2. The Bertz CT molecular complexity index is 1290. The van der Waals surface area contributed by atoms with Gasteiger partial charge in [0.1, 0.15) is 0 Å². The lowest BCUT2D eigenvalue weighted by Crippen LogP contribution is -1.91. The van der Waals surface area contributed by atoms with E-state index >= 15 is 0 Å². The van der Waals surface area contributed by atoms with Crippen molar-refractivity contribution >= 4 is 31.5 Å². The fraction of sp³-hybridized carbons (Fsp3) is 0.0417. The molecular weight excluding hydrogens is 334 g/mol. The first kappa shape index (κ1) is 13.3. The smallest absolute Gasteiger partial charge is 0.0719 e. The quantitative estimate of drug-likeness (QED) is 0.351. The molecule has 26 heavy (non-hydrogen) atoms. The Morgan fingerprint density at radius 2 is 1.58 bits per heavy atom. The van der Waals surface area contributed by atoms with Crippen LogP contribution in [0, 0.1) is 0 Å². The first-order chi connectivity index (χ1) is 13.6. The molecule has 5 rings (SSSR count). The summed E-state index contributed by atoms with van der Waals surface area (Å²) < 4.78 is 19.8. The van der Waals surface area contributed by atoms with E-state index in [2.05, 4.69) is 47.4 Å². The molecule has 0 spiro atoms. The Morgan fingerprint density at radius 3 is 2.50 bits per heavy atom. The molecular formula is C24H17NS. The van der Waals surface area contributed by atoms with Crippen molar-refractivity contribution in [1.29, 1.82) is 0 Å². The Morgan fingerprint density at radius 1 is 0.769 bits per heavy atom. The third kappa shape index (κ3) is 2.69. The summed E-state index contributed by atoms with van der Waals surface area (Å²) in [6.07, 6.45) is 0.130. The van der Waals surface area contributed by atoms with Gasteiger partial charge in [-0.3, -0.25) is 4.98 Å². The highest BCUT2D eigenvalue weighted by molar-refractivity contribution is 7.26. The number of nitrogens with zero attached hydrogens (tertiary/aromatic N) is 1. The van der Waals surface area contributed by atoms with Crippen molar-refractivity contribution in [3.63, 3.8) is 0 Å². The van der Waals surface area contributed by atoms with Crippen molar-refractivity contribution in [1.82, 2.24) is 4.98 Å². The van der Waals surface area contributed by atoms with Gasteiger partial charge in [0.05, 0.1) is 5.69 Å². The molecule has 0 unspecified atom stereocenters. The second-order valence-corrected chi connectivity index (χ2v) is 7.25. The second kappa shape index (κ2) is 6.40. The molecule has 124 valence electrons. The predicted molar refractivity (Wildman–Crippen MR) is 112 cm³/mol. The van der Waals surface area contributed by atoms with E-state index in [0.717, 1.165) is 11.3 Å². The highest BCUT2D eigenvalue weighted by Crippen LogP contribution is 2.39. The third-order valence-corrected chi connectivity index (χ3v) is 5.72. The van der Waals surface area contributed by atoms with Crippen molar-refractivity contribution in [3.8, 4) is 11.3 Å². The van der Waals surface area contributed by atoms with E-state index in [0.29, 0.717) is 11.1 Å². The summed E-state index contributed by atoms with van der Waals surface area (Å²) in [5.41, 5.74) is 3.10. The molecule has 2 aromatic heterocycles. The fourth-order valence-electron chi connectivity index (χ4n) is 3.29. The number of hydrogen-bond acceptors (Lipinski definition) is 2. The van der Waals surface area contributed by atoms with Crippen LogP contribution in [0.25, 0.3) is 31.4 Å². The molecule has 0 bridgehead atoms. The number of fused-ring (bicyclic) bond motifs is 3. The van der Waals surface area contributed by atoms with Crippen LogP contribution in [-0.2, 0) is 6.37 Å². The van der Waals surface area contributed by atoms with Gasteiger partial charge < -0.3 is 0 Å². The lowest BCUT2D eigenvalue weighted by Gasteiger charge is -2.06. The minimum Gasteiger partial charge on any atom is -0.256 e. The van der Waals surface area contributed by atoms with E-state index in [4.69, 9.17) is 2.74 Å². The number of aromatic nitrogens is 1. The topological polar surface area (TPSA) is 12.9 Å². The minimum atomic E-state index is -1.58. The highest BCUT2D eigenvalue weighted by Gasteiger charge is 2.11. The average Bonchev–Trinajstić information content (AvgIpc) is 3.13. The molecule has 0 atom stereocenters. The first-order valence-electron chi connectivity index (χ1n) is 9.57. The number of thiophene rings is 1. The highest BCUT2D eigenvalue weighted by atomic mass is 32.1. The van der Waals surface area contributed by atoms with Crippen LogP contribution in [-0.4, -0.2) is 4.98 Å². The van der Waals surface area contributed by atoms with Crippen molar-refractivity contribution in [2.24, 2.45) is 0 Å². The number of hydrogen-bond donors (Lipinski definition) is 0. The summed E-state index contributed by atoms with van der Waals surface area (Å²) >= 11 is 1.76. The first-order valence-corrected chi connectivity index (χ1v) is 9.39. The molecule has 0 aliphatic carbocycles. The summed E-state index contributed by atoms with van der Waals surface area (Å²) in [4.78, 5) is 4.58. The van der Waals surface area contributed by atoms with Crippen LogP contribution in [0.15, 0.2) is 91.1 Å². The zero-order valence-corrected chi connectivity index (χ0v) is 14.8. The lowest BCUT2D eigenvalue weighted by atomic mass is 10.0. The van der Waals surface area contributed by atoms with Gasteiger partial charge in [0.2, 0.25) is 0 Å². The number of rotatable bonds is 3. The normalized spacial score (nSPS) is 12.9. The third-order valence-electron chi connectivity index (χ3n) is 4.50. The molecule has 0 saturated heterocycles. The maximum absolute atomic E-state index is 8.66. The van der Waals surface area contributed by atoms with Gasteiger partial charge in [0, 0.05) is 34.7 Å². The Labute approximate surface area is 159 Å². The van der Waals surface area contributed by atoms with Gasteiger partial charge in [-0.05, 0) is 35.7 Å². The monoisotopic (exact) mass is 353 g/mol. The molecule has 0 aliphatic rings. The van der Waals surface area contributed by atoms with Crippen LogP contribution in [0.4, 0.5) is 0 Å². The van der Waals surface area contributed by atoms with Gasteiger partial charge in [-0.1, -0.05) is 66.7 Å². The maximum Gasteiger partial charge on any atom is 0.0719 e. The number of benzene rings is 3. The van der Waals surface area contributed by atoms with Crippen molar-refractivity contribution in [2.75, 3.05) is 0 Å². The van der Waals surface area contributed by atoms with E-state index in [1.54, 1.807) is 23.6 Å². The summed E-state index contributed by atoms with van der Waals surface area (Å²) in [6.45, 7) is 0. The lowest BCUT2D eigenvalue weighted by molar-refractivity contribution is 1.17. The van der Waals surface area contributed by atoms with E-state index < -0.39 is 6.37 Å². The van der Waals surface area contributed by atoms with E-state index in [9.17, 15) is 0 Å². The van der Waals surface area contributed by atoms with Gasteiger partial charge in [0.15, 0.2) is 0 Å². The molecule has 0 fully saturated rings. The van der Waals surface area contributed by atoms with Crippen molar-refractivity contribution < 1.29 is 2.74 Å². The summed E-state index contributed by atoms with van der Waals surface area (Å²) in [5, 5.41) is 2.47. The molecule has 5 aromatic rings. The zero-order valence-electron chi connectivity index (χ0n) is 16.0. The van der Waals surface area contributed by atoms with Crippen LogP contribution in [0.3, 0.4) is 0 Å². The minimum absolute atomic E-state index is 0.613. The summed E-state index contributed by atoms with van der Waals surface area (Å²) in [7, 11) is 0. The SMILES string of the molecule is [2H]C([2H])(c1ccccc1)c1ccnc(-c2cccc3c2sc2ccccc23)c1. The molecule has 0 N–H and O–H groups in total. The molecule has 2 heteroatoms. The molecule has 2 heterocycles. The van der Waals surface area contributed by atoms with Crippen LogP contribution in [0.1, 0.15) is 13.9 Å². The Hall–Kier alpha value is -2.97. The van der Waals surface area contributed by atoms with Gasteiger partial charge >= 0.3 is 0 Å². The maximum atomic E-state index is 8.66. The fourth-order valence-corrected chi connectivity index (χ4v) is 4.52. The Kier molecular flexibility index (Phi) is 3.26. The second-order valence-electron chi connectivity index (χ2n) is 6.20. The van der Waals surface area contributed by atoms with Crippen LogP contribution in [0.2, 0.25) is 0 Å². The number of pyridine rings is 1. The largest absolute Gasteiger partial charge is 0.256 e. The molecule has 0 aliphatic heterocycles. The van der Waals surface area contributed by atoms with Gasteiger partial charge in [-0.2, -0.15) is 0 Å². The predicted octanol–water partition coefficient (Wildman–Crippen LogP) is 6.71. The van der Waals surface area contributed by atoms with Crippen LogP contribution in [0.5, 0.6) is 0 Å². The van der Waals surface area contributed by atoms with Gasteiger partial charge in [-0.15, -0.1) is 11.3 Å². The van der Waals surface area contributed by atoms with Crippen molar-refractivity contribution in [3.05, 3.63) is 102 Å². The molecule has 0 saturated carbocycles.